The second-order valence-electron chi connectivity index (χ2n) is 5.39. The number of benzene rings is 1. The molecule has 0 aliphatic heterocycles. The average molecular weight is 335 g/mol. The fourth-order valence-corrected chi connectivity index (χ4v) is 3.00. The zero-order chi connectivity index (χ0) is 16.7. The Morgan fingerprint density at radius 1 is 1.26 bits per heavy atom. The molecule has 5 nitrogen and oxygen atoms in total. The molecule has 126 valence electrons. The first-order valence-corrected chi connectivity index (χ1v) is 8.71. The van der Waals surface area contributed by atoms with Crippen LogP contribution in [0.2, 0.25) is 0 Å². The Kier molecular flexibility index (Phi) is 6.67. The molecule has 0 radical (unpaired) electrons. The van der Waals surface area contributed by atoms with Crippen LogP contribution in [0.15, 0.2) is 23.6 Å². The minimum Gasteiger partial charge on any atom is -0.497 e. The van der Waals surface area contributed by atoms with Crippen molar-refractivity contribution < 1.29 is 9.47 Å². The highest BCUT2D eigenvalue weighted by molar-refractivity contribution is 7.13. The molecule has 0 aliphatic carbocycles. The fourth-order valence-electron chi connectivity index (χ4n) is 2.26. The summed E-state index contributed by atoms with van der Waals surface area (Å²) in [5, 5.41) is 9.75. The van der Waals surface area contributed by atoms with Crippen LogP contribution in [-0.2, 0) is 6.42 Å². The Morgan fingerprint density at radius 2 is 2.09 bits per heavy atom. The van der Waals surface area contributed by atoms with Gasteiger partial charge in [-0.1, -0.05) is 6.92 Å². The van der Waals surface area contributed by atoms with Crippen molar-refractivity contribution in [2.24, 2.45) is 0 Å². The van der Waals surface area contributed by atoms with Gasteiger partial charge in [0.05, 0.1) is 25.6 Å². The largest absolute Gasteiger partial charge is 0.497 e. The predicted molar refractivity (Wildman–Crippen MR) is 96.4 cm³/mol. The van der Waals surface area contributed by atoms with Crippen LogP contribution in [0.1, 0.15) is 26.0 Å². The maximum atomic E-state index is 5.38. The van der Waals surface area contributed by atoms with Crippen molar-refractivity contribution in [3.63, 3.8) is 0 Å². The Hall–Kier alpha value is -1.79. The number of hydrogen-bond acceptors (Lipinski definition) is 6. The van der Waals surface area contributed by atoms with Crippen LogP contribution in [-0.4, -0.2) is 31.8 Å². The molecule has 23 heavy (non-hydrogen) atoms. The van der Waals surface area contributed by atoms with E-state index in [4.69, 9.17) is 9.47 Å². The number of nitrogens with zero attached hydrogens (tertiary/aromatic N) is 1. The molecule has 6 heteroatoms. The normalized spacial score (nSPS) is 12.0. The summed E-state index contributed by atoms with van der Waals surface area (Å²) in [7, 11) is 3.30. The topological polar surface area (TPSA) is 55.4 Å². The van der Waals surface area contributed by atoms with Crippen molar-refractivity contribution in [1.29, 1.82) is 0 Å². The Balaban J connectivity index is 2.04. The second-order valence-corrected chi connectivity index (χ2v) is 6.25. The number of ether oxygens (including phenoxy) is 2. The van der Waals surface area contributed by atoms with E-state index in [0.29, 0.717) is 6.04 Å². The van der Waals surface area contributed by atoms with Gasteiger partial charge in [-0.3, -0.25) is 0 Å². The molecule has 2 N–H and O–H groups in total. The minimum atomic E-state index is 0.427. The van der Waals surface area contributed by atoms with Crippen molar-refractivity contribution in [3.05, 3.63) is 29.3 Å². The highest BCUT2D eigenvalue weighted by Gasteiger charge is 2.10. The van der Waals surface area contributed by atoms with Gasteiger partial charge in [-0.2, -0.15) is 0 Å². The first-order chi connectivity index (χ1) is 11.2. The molecule has 1 aromatic heterocycles. The summed E-state index contributed by atoms with van der Waals surface area (Å²) in [4.78, 5) is 4.66. The van der Waals surface area contributed by atoms with E-state index in [-0.39, 0.29) is 0 Å². The van der Waals surface area contributed by atoms with Crippen LogP contribution < -0.4 is 20.1 Å². The van der Waals surface area contributed by atoms with E-state index in [9.17, 15) is 0 Å². The Morgan fingerprint density at radius 3 is 2.78 bits per heavy atom. The summed E-state index contributed by atoms with van der Waals surface area (Å²) >= 11 is 1.60. The minimum absolute atomic E-state index is 0.427. The summed E-state index contributed by atoms with van der Waals surface area (Å²) < 4.78 is 10.6. The van der Waals surface area contributed by atoms with Gasteiger partial charge in [0.15, 0.2) is 5.13 Å². The lowest BCUT2D eigenvalue weighted by Gasteiger charge is -2.11. The first-order valence-electron chi connectivity index (χ1n) is 7.83. The standard InChI is InChI=1S/C17H25N3O2S/c1-5-8-18-12(2)9-13-11-23-17(19-13)20-15-10-14(21-3)6-7-16(15)22-4/h6-7,10-12,18H,5,8-9H2,1-4H3,(H,19,20). The summed E-state index contributed by atoms with van der Waals surface area (Å²) in [6.07, 6.45) is 2.07. The highest BCUT2D eigenvalue weighted by Crippen LogP contribution is 2.32. The van der Waals surface area contributed by atoms with Crippen LogP contribution in [0.25, 0.3) is 0 Å². The second kappa shape index (κ2) is 8.74. The van der Waals surface area contributed by atoms with Crippen molar-refractivity contribution in [1.82, 2.24) is 10.3 Å². The zero-order valence-corrected chi connectivity index (χ0v) is 15.0. The number of thiazole rings is 1. The van der Waals surface area contributed by atoms with Crippen LogP contribution in [0.5, 0.6) is 11.5 Å². The highest BCUT2D eigenvalue weighted by atomic mass is 32.1. The number of aromatic nitrogens is 1. The Bertz CT molecular complexity index is 616. The molecule has 1 heterocycles. The third-order valence-corrected chi connectivity index (χ3v) is 4.26. The molecule has 0 saturated heterocycles. The molecule has 2 aromatic rings. The number of methoxy groups -OCH3 is 2. The van der Waals surface area contributed by atoms with Crippen molar-refractivity contribution >= 4 is 22.2 Å². The van der Waals surface area contributed by atoms with Gasteiger partial charge in [0.25, 0.3) is 0 Å². The molecule has 0 amide bonds. The lowest BCUT2D eigenvalue weighted by molar-refractivity contribution is 0.405. The van der Waals surface area contributed by atoms with E-state index >= 15 is 0 Å². The van der Waals surface area contributed by atoms with Gasteiger partial charge in [-0.15, -0.1) is 11.3 Å². The SMILES string of the molecule is CCCNC(C)Cc1csc(Nc2cc(OC)ccc2OC)n1. The van der Waals surface area contributed by atoms with Crippen LogP contribution >= 0.6 is 11.3 Å². The number of anilines is 2. The lowest BCUT2D eigenvalue weighted by Crippen LogP contribution is -2.28. The van der Waals surface area contributed by atoms with Gasteiger partial charge in [0.1, 0.15) is 11.5 Å². The summed E-state index contributed by atoms with van der Waals surface area (Å²) in [5.74, 6) is 1.54. The smallest absolute Gasteiger partial charge is 0.187 e. The van der Waals surface area contributed by atoms with Gasteiger partial charge < -0.3 is 20.1 Å². The van der Waals surface area contributed by atoms with E-state index in [1.54, 1.807) is 25.6 Å². The summed E-state index contributed by atoms with van der Waals surface area (Å²) in [6, 6.07) is 6.09. The van der Waals surface area contributed by atoms with Gasteiger partial charge in [0, 0.05) is 23.9 Å². The van der Waals surface area contributed by atoms with E-state index in [2.05, 4.69) is 34.8 Å². The van der Waals surface area contributed by atoms with Crippen molar-refractivity contribution in [3.8, 4) is 11.5 Å². The van der Waals surface area contributed by atoms with E-state index in [1.165, 1.54) is 0 Å². The third-order valence-electron chi connectivity index (χ3n) is 3.46. The molecule has 1 unspecified atom stereocenters. The molecular weight excluding hydrogens is 310 g/mol. The van der Waals surface area contributed by atoms with Gasteiger partial charge in [-0.05, 0) is 32.0 Å². The van der Waals surface area contributed by atoms with Crippen molar-refractivity contribution in [2.45, 2.75) is 32.7 Å². The molecular formula is C17H25N3O2S. The fraction of sp³-hybridized carbons (Fsp3) is 0.471. The molecule has 0 saturated carbocycles. The van der Waals surface area contributed by atoms with Gasteiger partial charge in [-0.25, -0.2) is 4.98 Å². The molecule has 0 spiro atoms. The number of nitrogens with one attached hydrogen (secondary N) is 2. The van der Waals surface area contributed by atoms with E-state index in [1.807, 2.05) is 18.2 Å². The van der Waals surface area contributed by atoms with Crippen LogP contribution in [0.3, 0.4) is 0 Å². The summed E-state index contributed by atoms with van der Waals surface area (Å²) in [6.45, 7) is 5.40. The lowest BCUT2D eigenvalue weighted by atomic mass is 10.2. The third kappa shape index (κ3) is 5.11. The molecule has 0 aliphatic rings. The first kappa shape index (κ1) is 17.6. The molecule has 1 aromatic carbocycles. The van der Waals surface area contributed by atoms with Gasteiger partial charge >= 0.3 is 0 Å². The quantitative estimate of drug-likeness (QED) is 0.729. The van der Waals surface area contributed by atoms with Crippen LogP contribution in [0, 0.1) is 0 Å². The monoisotopic (exact) mass is 335 g/mol. The van der Waals surface area contributed by atoms with E-state index < -0.39 is 0 Å². The zero-order valence-electron chi connectivity index (χ0n) is 14.2. The van der Waals surface area contributed by atoms with E-state index in [0.717, 1.165) is 47.4 Å². The van der Waals surface area contributed by atoms with Crippen molar-refractivity contribution in [2.75, 3.05) is 26.1 Å². The maximum absolute atomic E-state index is 5.38. The molecule has 0 fully saturated rings. The predicted octanol–water partition coefficient (Wildman–Crippen LogP) is 3.83. The maximum Gasteiger partial charge on any atom is 0.187 e. The number of hydrogen-bond donors (Lipinski definition) is 2. The van der Waals surface area contributed by atoms with Gasteiger partial charge in [0.2, 0.25) is 0 Å². The molecule has 1 atom stereocenters. The molecule has 0 bridgehead atoms. The Labute approximate surface area is 142 Å². The van der Waals surface area contributed by atoms with Crippen LogP contribution in [0.4, 0.5) is 10.8 Å². The average Bonchev–Trinajstić information content (AvgIpc) is 2.99. The molecule has 2 rings (SSSR count). The summed E-state index contributed by atoms with van der Waals surface area (Å²) in [5.41, 5.74) is 1.94. The number of rotatable bonds is 9.